The summed E-state index contributed by atoms with van der Waals surface area (Å²) in [6.07, 6.45) is 0.765. The van der Waals surface area contributed by atoms with Gasteiger partial charge in [-0.3, -0.25) is 14.5 Å². The van der Waals surface area contributed by atoms with Crippen LogP contribution in [0.25, 0.3) is 0 Å². The summed E-state index contributed by atoms with van der Waals surface area (Å²) in [5, 5.41) is 12.2. The van der Waals surface area contributed by atoms with E-state index in [-0.39, 0.29) is 23.5 Å². The van der Waals surface area contributed by atoms with E-state index in [1.807, 2.05) is 4.90 Å². The van der Waals surface area contributed by atoms with Crippen molar-refractivity contribution in [1.82, 2.24) is 14.7 Å². The minimum absolute atomic E-state index is 0.0257. The number of phenolic OH excluding ortho intramolecular Hbond substituents is 1. The van der Waals surface area contributed by atoms with Crippen LogP contribution < -0.4 is 5.32 Å². The minimum atomic E-state index is -0.103. The van der Waals surface area contributed by atoms with Crippen LogP contribution in [-0.4, -0.2) is 84.0 Å². The first-order chi connectivity index (χ1) is 12.5. The summed E-state index contributed by atoms with van der Waals surface area (Å²) in [6, 6.07) is 6.46. The van der Waals surface area contributed by atoms with Crippen LogP contribution in [0.3, 0.4) is 0 Å². The Hall–Kier alpha value is -2.12. The number of benzene rings is 1. The maximum atomic E-state index is 12.5. The lowest BCUT2D eigenvalue weighted by Crippen LogP contribution is -2.50. The number of aromatic hydroxyl groups is 1. The lowest BCUT2D eigenvalue weighted by atomic mass is 10.1. The quantitative estimate of drug-likeness (QED) is 0.761. The molecule has 2 fully saturated rings. The van der Waals surface area contributed by atoms with Crippen LogP contribution in [-0.2, 0) is 9.59 Å². The zero-order chi connectivity index (χ0) is 18.5. The van der Waals surface area contributed by atoms with Gasteiger partial charge < -0.3 is 20.2 Å². The molecule has 0 radical (unpaired) electrons. The van der Waals surface area contributed by atoms with Gasteiger partial charge in [0.2, 0.25) is 11.8 Å². The molecule has 2 aliphatic heterocycles. The second kappa shape index (κ2) is 8.51. The van der Waals surface area contributed by atoms with E-state index in [0.717, 1.165) is 45.7 Å². The standard InChI is InChI=1S/C19H28N4O3/c1-2-21-9-11-23(12-10-21)18(25)14-22-8-7-15(13-22)19(26)20-16-3-5-17(24)6-4-16/h3-6,15,24H,2,7-14H2,1H3,(H,20,26)/t15-/m1/s1. The molecule has 2 amide bonds. The third-order valence-corrected chi connectivity index (χ3v) is 5.31. The molecule has 1 aromatic rings. The Morgan fingerprint density at radius 1 is 1.08 bits per heavy atom. The Kier molecular flexibility index (Phi) is 6.11. The van der Waals surface area contributed by atoms with E-state index in [1.165, 1.54) is 0 Å². The monoisotopic (exact) mass is 360 g/mol. The number of carbonyl (C=O) groups excluding carboxylic acids is 2. The molecular formula is C19H28N4O3. The van der Waals surface area contributed by atoms with Crippen molar-refractivity contribution in [3.63, 3.8) is 0 Å². The van der Waals surface area contributed by atoms with E-state index in [0.29, 0.717) is 18.8 Å². The molecule has 0 spiro atoms. The fourth-order valence-corrected chi connectivity index (χ4v) is 3.58. The van der Waals surface area contributed by atoms with Crippen molar-refractivity contribution in [2.45, 2.75) is 13.3 Å². The molecule has 26 heavy (non-hydrogen) atoms. The summed E-state index contributed by atoms with van der Waals surface area (Å²) in [5.74, 6) is 0.212. The van der Waals surface area contributed by atoms with Crippen molar-refractivity contribution in [3.05, 3.63) is 24.3 Å². The third-order valence-electron chi connectivity index (χ3n) is 5.31. The van der Waals surface area contributed by atoms with Crippen molar-refractivity contribution in [2.75, 3.05) is 57.7 Å². The molecule has 3 rings (SSSR count). The normalized spacial score (nSPS) is 21.7. The van der Waals surface area contributed by atoms with E-state index in [9.17, 15) is 14.7 Å². The summed E-state index contributed by atoms with van der Waals surface area (Å²) < 4.78 is 0. The van der Waals surface area contributed by atoms with Crippen LogP contribution in [0.1, 0.15) is 13.3 Å². The van der Waals surface area contributed by atoms with E-state index in [1.54, 1.807) is 24.3 Å². The minimum Gasteiger partial charge on any atom is -0.508 e. The van der Waals surface area contributed by atoms with Crippen molar-refractivity contribution < 1.29 is 14.7 Å². The summed E-state index contributed by atoms with van der Waals surface area (Å²) >= 11 is 0. The molecule has 1 aromatic carbocycles. The van der Waals surface area contributed by atoms with Crippen molar-refractivity contribution in [1.29, 1.82) is 0 Å². The number of hydrogen-bond donors (Lipinski definition) is 2. The van der Waals surface area contributed by atoms with Gasteiger partial charge in [-0.05, 0) is 43.8 Å². The number of carbonyl (C=O) groups is 2. The van der Waals surface area contributed by atoms with Gasteiger partial charge in [0.05, 0.1) is 12.5 Å². The molecule has 7 heteroatoms. The van der Waals surface area contributed by atoms with Gasteiger partial charge in [0.15, 0.2) is 0 Å². The van der Waals surface area contributed by atoms with Gasteiger partial charge in [-0.25, -0.2) is 0 Å². The SMILES string of the molecule is CCN1CCN(C(=O)CN2CC[C@@H](C(=O)Nc3ccc(O)cc3)C2)CC1. The molecule has 1 atom stereocenters. The Balaban J connectivity index is 1.44. The average Bonchev–Trinajstić information content (AvgIpc) is 3.12. The molecule has 142 valence electrons. The third kappa shape index (κ3) is 4.74. The predicted octanol–water partition coefficient (Wildman–Crippen LogP) is 0.817. The van der Waals surface area contributed by atoms with E-state index < -0.39 is 0 Å². The van der Waals surface area contributed by atoms with Crippen LogP contribution >= 0.6 is 0 Å². The van der Waals surface area contributed by atoms with Crippen molar-refractivity contribution >= 4 is 17.5 Å². The first-order valence-corrected chi connectivity index (χ1v) is 9.37. The lowest BCUT2D eigenvalue weighted by molar-refractivity contribution is -0.134. The van der Waals surface area contributed by atoms with Gasteiger partial charge in [0.25, 0.3) is 0 Å². The topological polar surface area (TPSA) is 76.1 Å². The maximum Gasteiger partial charge on any atom is 0.236 e. The Morgan fingerprint density at radius 3 is 2.42 bits per heavy atom. The average molecular weight is 360 g/mol. The number of amides is 2. The fourth-order valence-electron chi connectivity index (χ4n) is 3.58. The molecule has 0 aliphatic carbocycles. The molecule has 2 saturated heterocycles. The highest BCUT2D eigenvalue weighted by Gasteiger charge is 2.30. The van der Waals surface area contributed by atoms with Gasteiger partial charge in [-0.1, -0.05) is 6.92 Å². The van der Waals surface area contributed by atoms with Gasteiger partial charge in [-0.15, -0.1) is 0 Å². The molecule has 2 heterocycles. The summed E-state index contributed by atoms with van der Waals surface area (Å²) in [7, 11) is 0. The van der Waals surface area contributed by atoms with Crippen LogP contribution in [0.5, 0.6) is 5.75 Å². The maximum absolute atomic E-state index is 12.5. The number of rotatable bonds is 5. The summed E-state index contributed by atoms with van der Waals surface area (Å²) in [5.41, 5.74) is 0.677. The Bertz CT molecular complexity index is 626. The Labute approximate surface area is 154 Å². The second-order valence-electron chi connectivity index (χ2n) is 7.07. The molecule has 0 bridgehead atoms. The lowest BCUT2D eigenvalue weighted by Gasteiger charge is -2.34. The van der Waals surface area contributed by atoms with Gasteiger partial charge in [-0.2, -0.15) is 0 Å². The van der Waals surface area contributed by atoms with E-state index in [2.05, 4.69) is 22.0 Å². The van der Waals surface area contributed by atoms with Crippen molar-refractivity contribution in [2.24, 2.45) is 5.92 Å². The highest BCUT2D eigenvalue weighted by Crippen LogP contribution is 2.20. The highest BCUT2D eigenvalue weighted by atomic mass is 16.3. The van der Waals surface area contributed by atoms with E-state index in [4.69, 9.17) is 0 Å². The Morgan fingerprint density at radius 2 is 1.77 bits per heavy atom. The number of nitrogens with zero attached hydrogens (tertiary/aromatic N) is 3. The highest BCUT2D eigenvalue weighted by molar-refractivity contribution is 5.93. The second-order valence-corrected chi connectivity index (χ2v) is 7.07. The zero-order valence-electron chi connectivity index (χ0n) is 15.4. The fraction of sp³-hybridized carbons (Fsp3) is 0.579. The number of phenols is 1. The summed E-state index contributed by atoms with van der Waals surface area (Å²) in [4.78, 5) is 31.3. The summed E-state index contributed by atoms with van der Waals surface area (Å²) in [6.45, 7) is 8.45. The number of nitrogens with one attached hydrogen (secondary N) is 1. The van der Waals surface area contributed by atoms with Gasteiger partial charge >= 0.3 is 0 Å². The molecule has 0 saturated carbocycles. The molecule has 0 unspecified atom stereocenters. The molecule has 2 aliphatic rings. The number of likely N-dealkylation sites (tertiary alicyclic amines) is 1. The van der Waals surface area contributed by atoms with Crippen molar-refractivity contribution in [3.8, 4) is 5.75 Å². The molecule has 7 nitrogen and oxygen atoms in total. The molecular weight excluding hydrogens is 332 g/mol. The van der Waals surface area contributed by atoms with Crippen LogP contribution in [0, 0.1) is 5.92 Å². The molecule has 0 aromatic heterocycles. The number of hydrogen-bond acceptors (Lipinski definition) is 5. The number of piperazine rings is 1. The molecule has 2 N–H and O–H groups in total. The predicted molar refractivity (Wildman–Crippen MR) is 100.0 cm³/mol. The van der Waals surface area contributed by atoms with Gasteiger partial charge in [0.1, 0.15) is 5.75 Å². The van der Waals surface area contributed by atoms with E-state index >= 15 is 0 Å². The largest absolute Gasteiger partial charge is 0.508 e. The first-order valence-electron chi connectivity index (χ1n) is 9.37. The first kappa shape index (κ1) is 18.7. The van der Waals surface area contributed by atoms with Crippen LogP contribution in [0.15, 0.2) is 24.3 Å². The van der Waals surface area contributed by atoms with Crippen LogP contribution in [0.4, 0.5) is 5.69 Å². The van der Waals surface area contributed by atoms with Gasteiger partial charge in [0, 0.05) is 38.4 Å². The smallest absolute Gasteiger partial charge is 0.236 e. The number of anilines is 1. The number of likely N-dealkylation sites (N-methyl/N-ethyl adjacent to an activating group) is 1. The zero-order valence-corrected chi connectivity index (χ0v) is 15.4. The van der Waals surface area contributed by atoms with Crippen LogP contribution in [0.2, 0.25) is 0 Å².